The number of thiophene rings is 1. The molecule has 8 heteroatoms. The summed E-state index contributed by atoms with van der Waals surface area (Å²) in [5, 5.41) is 0.371. The Morgan fingerprint density at radius 2 is 1.81 bits per heavy atom. The van der Waals surface area contributed by atoms with Crippen molar-refractivity contribution < 1.29 is 14.3 Å². The number of carbonyl (C=O) groups excluding carboxylic acids is 1. The summed E-state index contributed by atoms with van der Waals surface area (Å²) >= 11 is 1.10. The second kappa shape index (κ2) is 9.48. The molecule has 0 aliphatic carbocycles. The normalized spacial score (nSPS) is 10.9. The van der Waals surface area contributed by atoms with E-state index in [0.29, 0.717) is 40.1 Å². The van der Waals surface area contributed by atoms with Crippen LogP contribution in [-0.2, 0) is 22.6 Å². The van der Waals surface area contributed by atoms with Gasteiger partial charge < -0.3 is 9.47 Å². The van der Waals surface area contributed by atoms with Crippen molar-refractivity contribution in [1.29, 1.82) is 0 Å². The highest BCUT2D eigenvalue weighted by Gasteiger charge is 2.23. The van der Waals surface area contributed by atoms with Crippen molar-refractivity contribution in [3.8, 4) is 0 Å². The minimum Gasteiger partial charge on any atom is -0.461 e. The summed E-state index contributed by atoms with van der Waals surface area (Å²) in [6.45, 7) is 9.98. The molecule has 0 fully saturated rings. The Morgan fingerprint density at radius 1 is 1.11 bits per heavy atom. The zero-order chi connectivity index (χ0) is 20.0. The summed E-state index contributed by atoms with van der Waals surface area (Å²) < 4.78 is 13.0. The maximum absolute atomic E-state index is 12.9. The molecule has 146 valence electrons. The summed E-state index contributed by atoms with van der Waals surface area (Å²) in [5.74, 6) is -0.502. The van der Waals surface area contributed by atoms with Crippen molar-refractivity contribution in [2.75, 3.05) is 20.3 Å². The summed E-state index contributed by atoms with van der Waals surface area (Å²) in [7, 11) is 1.54. The second-order valence-corrected chi connectivity index (χ2v) is 6.91. The van der Waals surface area contributed by atoms with E-state index in [-0.39, 0.29) is 19.7 Å². The molecule has 0 radical (unpaired) electrons. The van der Waals surface area contributed by atoms with E-state index in [2.05, 4.69) is 13.2 Å². The van der Waals surface area contributed by atoms with Crippen molar-refractivity contribution in [2.24, 2.45) is 0 Å². The molecule has 0 bridgehead atoms. The lowest BCUT2D eigenvalue weighted by Gasteiger charge is -2.11. The predicted octanol–water partition coefficient (Wildman–Crippen LogP) is 2.49. The zero-order valence-electron chi connectivity index (χ0n) is 15.7. The van der Waals surface area contributed by atoms with Gasteiger partial charge in [-0.3, -0.25) is 13.9 Å². The highest BCUT2D eigenvalue weighted by atomic mass is 32.1. The molecule has 7 nitrogen and oxygen atoms in total. The third-order valence-corrected chi connectivity index (χ3v) is 5.41. The molecule has 0 spiro atoms. The second-order valence-electron chi connectivity index (χ2n) is 5.91. The molecule has 2 rings (SSSR count). The van der Waals surface area contributed by atoms with E-state index >= 15 is 0 Å². The molecule has 2 aromatic heterocycles. The highest BCUT2D eigenvalue weighted by Crippen LogP contribution is 2.28. The Labute approximate surface area is 161 Å². The van der Waals surface area contributed by atoms with E-state index in [9.17, 15) is 14.4 Å². The van der Waals surface area contributed by atoms with Gasteiger partial charge in [0.05, 0.1) is 25.1 Å². The van der Waals surface area contributed by atoms with E-state index in [4.69, 9.17) is 9.47 Å². The lowest BCUT2D eigenvalue weighted by molar-refractivity contribution is 0.0517. The van der Waals surface area contributed by atoms with Gasteiger partial charge in [0, 0.05) is 13.7 Å². The summed E-state index contributed by atoms with van der Waals surface area (Å²) in [6, 6.07) is 0. The SMILES string of the molecule is C=CCCOC(=O)c1sc2c(c1C)c(=O)n(CCC=C)c(=O)n2CCOC. The van der Waals surface area contributed by atoms with Crippen LogP contribution in [0, 0.1) is 6.92 Å². The number of hydrogen-bond donors (Lipinski definition) is 0. The Balaban J connectivity index is 2.66. The van der Waals surface area contributed by atoms with Gasteiger partial charge in [-0.15, -0.1) is 24.5 Å². The topological polar surface area (TPSA) is 79.5 Å². The number of ether oxygens (including phenoxy) is 2. The number of carbonyl (C=O) groups is 1. The molecule has 0 atom stereocenters. The fraction of sp³-hybridized carbons (Fsp3) is 0.421. The van der Waals surface area contributed by atoms with Crippen LogP contribution in [0.25, 0.3) is 10.2 Å². The van der Waals surface area contributed by atoms with E-state index in [1.165, 1.54) is 16.2 Å². The number of esters is 1. The Morgan fingerprint density at radius 3 is 2.44 bits per heavy atom. The van der Waals surface area contributed by atoms with Gasteiger partial charge in [-0.2, -0.15) is 0 Å². The smallest absolute Gasteiger partial charge is 0.348 e. The predicted molar refractivity (Wildman–Crippen MR) is 107 cm³/mol. The molecule has 0 saturated heterocycles. The largest absolute Gasteiger partial charge is 0.461 e. The molecule has 0 saturated carbocycles. The van der Waals surface area contributed by atoms with E-state index < -0.39 is 17.2 Å². The molecule has 27 heavy (non-hydrogen) atoms. The van der Waals surface area contributed by atoms with Crippen LogP contribution < -0.4 is 11.2 Å². The number of rotatable bonds is 10. The van der Waals surface area contributed by atoms with Gasteiger partial charge in [-0.1, -0.05) is 12.2 Å². The first-order valence-corrected chi connectivity index (χ1v) is 9.44. The number of aromatic nitrogens is 2. The number of fused-ring (bicyclic) bond motifs is 1. The summed E-state index contributed by atoms with van der Waals surface area (Å²) in [6.07, 6.45) is 4.34. The van der Waals surface area contributed by atoms with Crippen molar-refractivity contribution in [2.45, 2.75) is 32.9 Å². The van der Waals surface area contributed by atoms with Gasteiger partial charge >= 0.3 is 11.7 Å². The first kappa shape index (κ1) is 20.9. The summed E-state index contributed by atoms with van der Waals surface area (Å²) in [5.41, 5.74) is -0.286. The number of hydrogen-bond acceptors (Lipinski definition) is 6. The van der Waals surface area contributed by atoms with E-state index in [0.717, 1.165) is 11.3 Å². The Bertz CT molecular complexity index is 967. The van der Waals surface area contributed by atoms with Gasteiger partial charge in [-0.05, 0) is 25.3 Å². The van der Waals surface area contributed by atoms with Gasteiger partial charge in [0.15, 0.2) is 0 Å². The van der Waals surface area contributed by atoms with Gasteiger partial charge in [0.2, 0.25) is 0 Å². The fourth-order valence-corrected chi connectivity index (χ4v) is 3.90. The van der Waals surface area contributed by atoms with Crippen LogP contribution in [-0.4, -0.2) is 35.4 Å². The van der Waals surface area contributed by atoms with Crippen molar-refractivity contribution in [3.63, 3.8) is 0 Å². The summed E-state index contributed by atoms with van der Waals surface area (Å²) in [4.78, 5) is 39.0. The quantitative estimate of drug-likeness (QED) is 0.353. The molecular formula is C19H24N2O5S. The maximum Gasteiger partial charge on any atom is 0.348 e. The molecule has 0 N–H and O–H groups in total. The monoisotopic (exact) mass is 392 g/mol. The molecule has 0 aromatic carbocycles. The fourth-order valence-electron chi connectivity index (χ4n) is 2.69. The third kappa shape index (κ3) is 4.28. The van der Waals surface area contributed by atoms with E-state index in [1.54, 1.807) is 19.1 Å². The molecule has 2 aromatic rings. The van der Waals surface area contributed by atoms with Crippen LogP contribution in [0.4, 0.5) is 0 Å². The van der Waals surface area contributed by atoms with Crippen molar-refractivity contribution in [1.82, 2.24) is 9.13 Å². The van der Waals surface area contributed by atoms with Crippen molar-refractivity contribution in [3.05, 3.63) is 56.6 Å². The lowest BCUT2D eigenvalue weighted by atomic mass is 10.2. The number of methoxy groups -OCH3 is 1. The van der Waals surface area contributed by atoms with Gasteiger partial charge in [0.25, 0.3) is 5.56 Å². The maximum atomic E-state index is 12.9. The number of aryl methyl sites for hydroxylation is 1. The van der Waals surface area contributed by atoms with Crippen molar-refractivity contribution >= 4 is 27.5 Å². The van der Waals surface area contributed by atoms with Gasteiger partial charge in [-0.25, -0.2) is 9.59 Å². The Kier molecular flexibility index (Phi) is 7.32. The number of allylic oxidation sites excluding steroid dienone is 1. The molecule has 0 amide bonds. The first-order valence-electron chi connectivity index (χ1n) is 8.62. The minimum atomic E-state index is -0.502. The van der Waals surface area contributed by atoms with Crippen LogP contribution in [0.1, 0.15) is 28.1 Å². The number of nitrogens with zero attached hydrogens (tertiary/aromatic N) is 2. The molecule has 2 heterocycles. The first-order chi connectivity index (χ1) is 13.0. The van der Waals surface area contributed by atoms with Crippen LogP contribution in [0.3, 0.4) is 0 Å². The third-order valence-electron chi connectivity index (χ3n) is 4.11. The molecular weight excluding hydrogens is 368 g/mol. The Hall–Kier alpha value is -2.45. The van der Waals surface area contributed by atoms with Crippen LogP contribution in [0.2, 0.25) is 0 Å². The molecule has 0 aliphatic rings. The average Bonchev–Trinajstić information content (AvgIpc) is 2.99. The minimum absolute atomic E-state index is 0.218. The zero-order valence-corrected chi connectivity index (χ0v) is 16.5. The standard InChI is InChI=1S/C19H24N2O5S/c1-5-7-9-20-16(22)14-13(3)15(18(23)26-11-8-6-2)27-17(14)21(19(20)24)10-12-25-4/h5-6H,1-2,7-12H2,3-4H3. The molecule has 0 unspecified atom stereocenters. The highest BCUT2D eigenvalue weighted by molar-refractivity contribution is 7.20. The van der Waals surface area contributed by atoms with Crippen LogP contribution >= 0.6 is 11.3 Å². The average molecular weight is 392 g/mol. The van der Waals surface area contributed by atoms with E-state index in [1.807, 2.05) is 0 Å². The van der Waals surface area contributed by atoms with Crippen LogP contribution in [0.15, 0.2) is 34.9 Å². The van der Waals surface area contributed by atoms with Gasteiger partial charge in [0.1, 0.15) is 9.71 Å². The molecule has 0 aliphatic heterocycles. The lowest BCUT2D eigenvalue weighted by Crippen LogP contribution is -2.40. The van der Waals surface area contributed by atoms with Crippen LogP contribution in [0.5, 0.6) is 0 Å².